The zero-order valence-corrected chi connectivity index (χ0v) is 11.9. The summed E-state index contributed by atoms with van der Waals surface area (Å²) >= 11 is 0. The lowest BCUT2D eigenvalue weighted by atomic mass is 9.80. The Kier molecular flexibility index (Phi) is 5.49. The minimum absolute atomic E-state index is 0.0329. The van der Waals surface area contributed by atoms with E-state index in [-0.39, 0.29) is 19.4 Å². The van der Waals surface area contributed by atoms with E-state index in [0.29, 0.717) is 11.6 Å². The van der Waals surface area contributed by atoms with Gasteiger partial charge in [0.15, 0.2) is 5.41 Å². The third-order valence-corrected chi connectivity index (χ3v) is 3.15. The molecule has 0 spiro atoms. The van der Waals surface area contributed by atoms with E-state index in [1.54, 1.807) is 32.0 Å². The zero-order valence-electron chi connectivity index (χ0n) is 11.9. The number of carboxylic acid groups (broad SMARTS) is 1. The number of ether oxygens (including phenoxy) is 2. The number of carboxylic acids is 1. The third-order valence-electron chi connectivity index (χ3n) is 3.15. The number of aromatic nitrogens is 1. The topological polar surface area (TPSA) is 85.7 Å². The first-order chi connectivity index (χ1) is 9.50. The fraction of sp³-hybridized carbons (Fsp3) is 0.500. The minimum atomic E-state index is -1.62. The average molecular weight is 281 g/mol. The number of carbonyl (C=O) groups is 2. The molecule has 1 unspecified atom stereocenters. The second-order valence-corrected chi connectivity index (χ2v) is 4.31. The lowest BCUT2D eigenvalue weighted by Gasteiger charge is -2.25. The quantitative estimate of drug-likeness (QED) is 0.604. The molecular formula is C14H19NO5. The lowest BCUT2D eigenvalue weighted by Crippen LogP contribution is -2.42. The highest BCUT2D eigenvalue weighted by Crippen LogP contribution is 2.29. The second kappa shape index (κ2) is 6.88. The van der Waals surface area contributed by atoms with Gasteiger partial charge in [-0.25, -0.2) is 4.98 Å². The van der Waals surface area contributed by atoms with E-state index in [2.05, 4.69) is 4.98 Å². The van der Waals surface area contributed by atoms with Crippen molar-refractivity contribution in [3.63, 3.8) is 0 Å². The molecule has 6 heteroatoms. The molecule has 1 aromatic heterocycles. The fourth-order valence-electron chi connectivity index (χ4n) is 1.90. The molecule has 0 saturated carbocycles. The van der Waals surface area contributed by atoms with E-state index < -0.39 is 17.4 Å². The number of aliphatic carboxylic acids is 1. The monoisotopic (exact) mass is 281 g/mol. The molecule has 0 saturated heterocycles. The van der Waals surface area contributed by atoms with E-state index in [9.17, 15) is 14.7 Å². The van der Waals surface area contributed by atoms with E-state index in [1.165, 1.54) is 7.11 Å². The van der Waals surface area contributed by atoms with Gasteiger partial charge in [-0.3, -0.25) is 9.59 Å². The van der Waals surface area contributed by atoms with Crippen LogP contribution in [0.4, 0.5) is 0 Å². The van der Waals surface area contributed by atoms with E-state index in [1.807, 2.05) is 0 Å². The number of pyridine rings is 1. The maximum Gasteiger partial charge on any atom is 0.323 e. The molecule has 1 heterocycles. The first-order valence-electron chi connectivity index (χ1n) is 6.40. The molecule has 0 bridgehead atoms. The van der Waals surface area contributed by atoms with Crippen LogP contribution in [-0.4, -0.2) is 35.7 Å². The van der Waals surface area contributed by atoms with Crippen LogP contribution < -0.4 is 4.74 Å². The van der Waals surface area contributed by atoms with Gasteiger partial charge in [-0.05, 0) is 19.4 Å². The summed E-state index contributed by atoms with van der Waals surface area (Å²) in [4.78, 5) is 27.8. The normalized spacial score (nSPS) is 13.3. The predicted molar refractivity (Wildman–Crippen MR) is 71.5 cm³/mol. The van der Waals surface area contributed by atoms with Gasteiger partial charge in [0.1, 0.15) is 0 Å². The summed E-state index contributed by atoms with van der Waals surface area (Å²) in [6.07, 6.45) is 0.0922. The maximum atomic E-state index is 12.0. The van der Waals surface area contributed by atoms with Crippen LogP contribution in [0.3, 0.4) is 0 Å². The zero-order chi connectivity index (χ0) is 15.2. The highest BCUT2D eigenvalue weighted by Gasteiger charge is 2.46. The summed E-state index contributed by atoms with van der Waals surface area (Å²) in [7, 11) is 1.47. The summed E-state index contributed by atoms with van der Waals surface area (Å²) in [5.74, 6) is -1.57. The summed E-state index contributed by atoms with van der Waals surface area (Å²) in [5.41, 5.74) is -1.14. The van der Waals surface area contributed by atoms with Gasteiger partial charge in [-0.1, -0.05) is 13.0 Å². The Labute approximate surface area is 117 Å². The predicted octanol–water partition coefficient (Wildman–Crippen LogP) is 1.68. The number of nitrogens with zero attached hydrogens (tertiary/aromatic N) is 1. The van der Waals surface area contributed by atoms with Crippen LogP contribution in [0.1, 0.15) is 26.0 Å². The molecule has 0 fully saturated rings. The van der Waals surface area contributed by atoms with Crippen molar-refractivity contribution in [1.29, 1.82) is 0 Å². The molecule has 0 amide bonds. The SMILES string of the molecule is CCOC(=O)C(CC)(Cc1cccc(OC)n1)C(=O)O. The van der Waals surface area contributed by atoms with Crippen molar-refractivity contribution < 1.29 is 24.2 Å². The molecule has 1 N–H and O–H groups in total. The Morgan fingerprint density at radius 1 is 1.35 bits per heavy atom. The van der Waals surface area contributed by atoms with Crippen LogP contribution in [0.15, 0.2) is 18.2 Å². The Bertz CT molecular complexity index is 488. The van der Waals surface area contributed by atoms with Crippen molar-refractivity contribution in [3.8, 4) is 5.88 Å². The second-order valence-electron chi connectivity index (χ2n) is 4.31. The Morgan fingerprint density at radius 2 is 2.05 bits per heavy atom. The molecule has 20 heavy (non-hydrogen) atoms. The number of methoxy groups -OCH3 is 1. The molecular weight excluding hydrogens is 262 g/mol. The van der Waals surface area contributed by atoms with E-state index in [4.69, 9.17) is 9.47 Å². The van der Waals surface area contributed by atoms with E-state index >= 15 is 0 Å². The Hall–Kier alpha value is -2.11. The van der Waals surface area contributed by atoms with Gasteiger partial charge < -0.3 is 14.6 Å². The molecule has 110 valence electrons. The van der Waals surface area contributed by atoms with Crippen LogP contribution in [0.25, 0.3) is 0 Å². The molecule has 0 aliphatic carbocycles. The van der Waals surface area contributed by atoms with Gasteiger partial charge in [-0.15, -0.1) is 0 Å². The van der Waals surface area contributed by atoms with Gasteiger partial charge in [0.05, 0.1) is 13.7 Å². The third kappa shape index (κ3) is 3.26. The standard InChI is InChI=1S/C14H19NO5/c1-4-14(12(16)17,13(18)20-5-2)9-10-7-6-8-11(15-10)19-3/h6-8H,4-5,9H2,1-3H3,(H,16,17). The van der Waals surface area contributed by atoms with Crippen molar-refractivity contribution in [2.45, 2.75) is 26.7 Å². The first-order valence-corrected chi connectivity index (χ1v) is 6.40. The molecule has 1 atom stereocenters. The van der Waals surface area contributed by atoms with Crippen LogP contribution in [0.5, 0.6) is 5.88 Å². The molecule has 1 aromatic rings. The molecule has 0 aliphatic rings. The average Bonchev–Trinajstić information content (AvgIpc) is 2.44. The highest BCUT2D eigenvalue weighted by atomic mass is 16.5. The van der Waals surface area contributed by atoms with Crippen molar-refractivity contribution >= 4 is 11.9 Å². The fourth-order valence-corrected chi connectivity index (χ4v) is 1.90. The highest BCUT2D eigenvalue weighted by molar-refractivity contribution is 5.99. The smallest absolute Gasteiger partial charge is 0.323 e. The lowest BCUT2D eigenvalue weighted by molar-refractivity contribution is -0.169. The number of esters is 1. The van der Waals surface area contributed by atoms with Crippen LogP contribution in [0, 0.1) is 5.41 Å². The van der Waals surface area contributed by atoms with Crippen molar-refractivity contribution in [1.82, 2.24) is 4.98 Å². The van der Waals surface area contributed by atoms with Crippen molar-refractivity contribution in [3.05, 3.63) is 23.9 Å². The first kappa shape index (κ1) is 15.9. The Morgan fingerprint density at radius 3 is 2.55 bits per heavy atom. The molecule has 0 aliphatic heterocycles. The number of carbonyl (C=O) groups excluding carboxylic acids is 1. The maximum absolute atomic E-state index is 12.0. The van der Waals surface area contributed by atoms with Gasteiger partial charge in [-0.2, -0.15) is 0 Å². The van der Waals surface area contributed by atoms with E-state index in [0.717, 1.165) is 0 Å². The van der Waals surface area contributed by atoms with Crippen LogP contribution in [-0.2, 0) is 20.7 Å². The van der Waals surface area contributed by atoms with Crippen LogP contribution in [0.2, 0.25) is 0 Å². The minimum Gasteiger partial charge on any atom is -0.481 e. The van der Waals surface area contributed by atoms with Gasteiger partial charge in [0.2, 0.25) is 5.88 Å². The van der Waals surface area contributed by atoms with Gasteiger partial charge in [0, 0.05) is 18.2 Å². The van der Waals surface area contributed by atoms with Gasteiger partial charge >= 0.3 is 11.9 Å². The summed E-state index contributed by atoms with van der Waals surface area (Å²) < 4.78 is 9.91. The Balaban J connectivity index is 3.11. The number of rotatable bonds is 7. The molecule has 1 rings (SSSR count). The largest absolute Gasteiger partial charge is 0.481 e. The summed E-state index contributed by atoms with van der Waals surface area (Å²) in [6.45, 7) is 3.43. The van der Waals surface area contributed by atoms with Gasteiger partial charge in [0.25, 0.3) is 0 Å². The molecule has 6 nitrogen and oxygen atoms in total. The number of hydrogen-bond donors (Lipinski definition) is 1. The molecule has 0 aromatic carbocycles. The van der Waals surface area contributed by atoms with Crippen molar-refractivity contribution in [2.24, 2.45) is 5.41 Å². The van der Waals surface area contributed by atoms with Crippen LogP contribution >= 0.6 is 0 Å². The van der Waals surface area contributed by atoms with Crippen molar-refractivity contribution in [2.75, 3.05) is 13.7 Å². The number of hydrogen-bond acceptors (Lipinski definition) is 5. The summed E-state index contributed by atoms with van der Waals surface area (Å²) in [6, 6.07) is 5.02. The summed E-state index contributed by atoms with van der Waals surface area (Å²) in [5, 5.41) is 9.45. The molecule has 0 radical (unpaired) electrons.